The topological polar surface area (TPSA) is 77.7 Å². The molecule has 0 aliphatic carbocycles. The molecule has 3 aromatic heterocycles. The number of aromatic amines is 1. The molecule has 0 spiro atoms. The molecule has 24 heavy (non-hydrogen) atoms. The van der Waals surface area contributed by atoms with Crippen molar-refractivity contribution < 1.29 is 4.74 Å². The van der Waals surface area contributed by atoms with Crippen molar-refractivity contribution in [2.24, 2.45) is 5.41 Å². The highest BCUT2D eigenvalue weighted by Crippen LogP contribution is 2.17. The number of aromatic nitrogens is 5. The van der Waals surface area contributed by atoms with Crippen molar-refractivity contribution in [3.8, 4) is 17.3 Å². The van der Waals surface area contributed by atoms with Crippen LogP contribution in [-0.4, -0.2) is 30.9 Å². The smallest absolute Gasteiger partial charge is 0.296 e. The highest BCUT2D eigenvalue weighted by atomic mass is 35.5. The molecule has 0 amide bonds. The largest absolute Gasteiger partial charge is 0.491 e. The van der Waals surface area contributed by atoms with Crippen LogP contribution >= 0.6 is 12.4 Å². The first-order valence-corrected chi connectivity index (χ1v) is 7.32. The minimum atomic E-state index is -0.196. The number of imidazole rings is 1. The maximum absolute atomic E-state index is 12.4. The van der Waals surface area contributed by atoms with Crippen LogP contribution in [0, 0.1) is 5.41 Å². The fourth-order valence-corrected chi connectivity index (χ4v) is 2.01. The van der Waals surface area contributed by atoms with Crippen LogP contribution in [0.2, 0.25) is 0 Å². The third-order valence-corrected chi connectivity index (χ3v) is 3.16. The normalized spacial score (nSPS) is 11.1. The van der Waals surface area contributed by atoms with Gasteiger partial charge in [0.15, 0.2) is 5.82 Å². The summed E-state index contributed by atoms with van der Waals surface area (Å²) < 4.78 is 8.71. The van der Waals surface area contributed by atoms with Crippen molar-refractivity contribution >= 4 is 12.4 Å². The van der Waals surface area contributed by atoms with E-state index in [0.717, 1.165) is 0 Å². The molecule has 0 fully saturated rings. The number of hydrogen-bond acceptors (Lipinski definition) is 4. The first-order valence-electron chi connectivity index (χ1n) is 7.32. The number of hydrogen-bond donors (Lipinski definition) is 1. The molecule has 128 valence electrons. The summed E-state index contributed by atoms with van der Waals surface area (Å²) in [5.41, 5.74) is 0.366. The Hall–Kier alpha value is -2.54. The lowest BCUT2D eigenvalue weighted by atomic mass is 9.99. The molecule has 8 heteroatoms. The number of ether oxygens (including phenoxy) is 1. The van der Waals surface area contributed by atoms with E-state index < -0.39 is 0 Å². The lowest BCUT2D eigenvalue weighted by Gasteiger charge is -2.18. The number of pyridine rings is 1. The maximum atomic E-state index is 12.4. The number of nitrogens with one attached hydrogen (secondary N) is 1. The predicted octanol–water partition coefficient (Wildman–Crippen LogP) is 2.59. The molecule has 3 heterocycles. The number of nitrogens with zero attached hydrogens (tertiary/aromatic N) is 4. The molecule has 0 saturated heterocycles. The molecule has 0 unspecified atom stereocenters. The number of halogens is 1. The fourth-order valence-electron chi connectivity index (χ4n) is 2.01. The molecule has 0 aromatic carbocycles. The van der Waals surface area contributed by atoms with Crippen molar-refractivity contribution in [3.63, 3.8) is 0 Å². The van der Waals surface area contributed by atoms with E-state index in [1.54, 1.807) is 47.8 Å². The quantitative estimate of drug-likeness (QED) is 0.785. The van der Waals surface area contributed by atoms with Crippen molar-refractivity contribution in [2.45, 2.75) is 20.8 Å². The van der Waals surface area contributed by atoms with Crippen molar-refractivity contribution in [1.29, 1.82) is 0 Å². The van der Waals surface area contributed by atoms with Gasteiger partial charge in [-0.05, 0) is 17.5 Å². The summed E-state index contributed by atoms with van der Waals surface area (Å²) in [7, 11) is 0. The van der Waals surface area contributed by atoms with Gasteiger partial charge < -0.3 is 4.74 Å². The molecule has 0 saturated carbocycles. The molecule has 3 rings (SSSR count). The molecule has 0 aliphatic heterocycles. The van der Waals surface area contributed by atoms with E-state index >= 15 is 0 Å². The van der Waals surface area contributed by atoms with Crippen LogP contribution in [0.3, 0.4) is 0 Å². The van der Waals surface area contributed by atoms with Crippen LogP contribution in [0.4, 0.5) is 0 Å². The van der Waals surface area contributed by atoms with Gasteiger partial charge in [0.05, 0.1) is 19.1 Å². The zero-order valence-corrected chi connectivity index (χ0v) is 14.6. The van der Waals surface area contributed by atoms with E-state index in [1.807, 2.05) is 0 Å². The Morgan fingerprint density at radius 3 is 2.67 bits per heavy atom. The summed E-state index contributed by atoms with van der Waals surface area (Å²) in [6.45, 7) is 6.90. The van der Waals surface area contributed by atoms with Gasteiger partial charge in [-0.3, -0.25) is 14.5 Å². The van der Waals surface area contributed by atoms with Gasteiger partial charge in [0.2, 0.25) is 0 Å². The first-order chi connectivity index (χ1) is 10.9. The Morgan fingerprint density at radius 1 is 1.29 bits per heavy atom. The SMILES string of the molecule is CC(C)(C)COc1ccc(-n2[nH]cc(-n3ccnc3)c2=O)nc1.Cl. The molecular weight excluding hydrogens is 330 g/mol. The van der Waals surface area contributed by atoms with Crippen molar-refractivity contribution in [3.05, 3.63) is 53.6 Å². The Bertz CT molecular complexity index is 829. The molecule has 0 aliphatic rings. The summed E-state index contributed by atoms with van der Waals surface area (Å²) in [6.07, 6.45) is 8.15. The van der Waals surface area contributed by atoms with E-state index in [1.165, 1.54) is 4.68 Å². The fraction of sp³-hybridized carbons (Fsp3) is 0.312. The van der Waals surface area contributed by atoms with E-state index in [9.17, 15) is 4.79 Å². The lowest BCUT2D eigenvalue weighted by Crippen LogP contribution is -2.19. The summed E-state index contributed by atoms with van der Waals surface area (Å²) in [6, 6.07) is 3.55. The highest BCUT2D eigenvalue weighted by Gasteiger charge is 2.12. The second-order valence-corrected chi connectivity index (χ2v) is 6.47. The third kappa shape index (κ3) is 3.86. The van der Waals surface area contributed by atoms with E-state index in [4.69, 9.17) is 4.74 Å². The van der Waals surface area contributed by atoms with Gasteiger partial charge in [0, 0.05) is 18.6 Å². The van der Waals surface area contributed by atoms with Crippen LogP contribution in [0.15, 0.2) is 48.0 Å². The van der Waals surface area contributed by atoms with Crippen LogP contribution in [0.5, 0.6) is 5.75 Å². The van der Waals surface area contributed by atoms with Gasteiger partial charge >= 0.3 is 0 Å². The second kappa shape index (κ2) is 6.92. The van der Waals surface area contributed by atoms with E-state index in [-0.39, 0.29) is 23.4 Å². The first kappa shape index (κ1) is 17.8. The molecule has 1 N–H and O–H groups in total. The molecule has 0 atom stereocenters. The summed E-state index contributed by atoms with van der Waals surface area (Å²) in [5, 5.41) is 2.91. The number of rotatable bonds is 4. The van der Waals surface area contributed by atoms with Crippen LogP contribution in [0.25, 0.3) is 11.5 Å². The predicted molar refractivity (Wildman–Crippen MR) is 93.5 cm³/mol. The second-order valence-electron chi connectivity index (χ2n) is 6.47. The Labute approximate surface area is 145 Å². The lowest BCUT2D eigenvalue weighted by molar-refractivity contribution is 0.197. The van der Waals surface area contributed by atoms with Gasteiger partial charge in [0.1, 0.15) is 11.4 Å². The zero-order valence-electron chi connectivity index (χ0n) is 13.8. The average molecular weight is 350 g/mol. The summed E-state index contributed by atoms with van der Waals surface area (Å²) in [5.74, 6) is 1.18. The monoisotopic (exact) mass is 349 g/mol. The van der Waals surface area contributed by atoms with Gasteiger partial charge in [-0.1, -0.05) is 20.8 Å². The Balaban J connectivity index is 0.00000208. The minimum absolute atomic E-state index is 0. The summed E-state index contributed by atoms with van der Waals surface area (Å²) >= 11 is 0. The van der Waals surface area contributed by atoms with Gasteiger partial charge in [-0.25, -0.2) is 9.97 Å². The molecule has 7 nitrogen and oxygen atoms in total. The third-order valence-electron chi connectivity index (χ3n) is 3.16. The molecule has 0 radical (unpaired) electrons. The van der Waals surface area contributed by atoms with E-state index in [0.29, 0.717) is 23.9 Å². The van der Waals surface area contributed by atoms with E-state index in [2.05, 4.69) is 35.8 Å². The average Bonchev–Trinajstić information content (AvgIpc) is 3.14. The number of H-pyrrole nitrogens is 1. The van der Waals surface area contributed by atoms with Gasteiger partial charge in [-0.15, -0.1) is 12.4 Å². The zero-order chi connectivity index (χ0) is 16.4. The van der Waals surface area contributed by atoms with Crippen molar-refractivity contribution in [2.75, 3.05) is 6.61 Å². The summed E-state index contributed by atoms with van der Waals surface area (Å²) in [4.78, 5) is 20.7. The van der Waals surface area contributed by atoms with Crippen LogP contribution in [0.1, 0.15) is 20.8 Å². The standard InChI is InChI=1S/C16H19N5O2.ClH/c1-16(2,3)10-23-12-4-5-14(18-8-12)21-15(22)13(9-19-21)20-7-6-17-11-20;/h4-9,11,19H,10H2,1-3H3;1H. The van der Waals surface area contributed by atoms with Crippen molar-refractivity contribution in [1.82, 2.24) is 24.3 Å². The van der Waals surface area contributed by atoms with Gasteiger partial charge in [0.25, 0.3) is 5.56 Å². The minimum Gasteiger partial charge on any atom is -0.491 e. The maximum Gasteiger partial charge on any atom is 0.296 e. The highest BCUT2D eigenvalue weighted by molar-refractivity contribution is 5.85. The Morgan fingerprint density at radius 2 is 2.08 bits per heavy atom. The molecule has 3 aromatic rings. The molecule has 0 bridgehead atoms. The van der Waals surface area contributed by atoms with Crippen LogP contribution in [-0.2, 0) is 0 Å². The molecular formula is C16H20ClN5O2. The Kier molecular flexibility index (Phi) is 5.14. The van der Waals surface area contributed by atoms with Crippen LogP contribution < -0.4 is 10.3 Å². The van der Waals surface area contributed by atoms with Gasteiger partial charge in [-0.2, -0.15) is 4.68 Å².